The van der Waals surface area contributed by atoms with Gasteiger partial charge in [0.05, 0.1) is 0 Å². The predicted molar refractivity (Wildman–Crippen MR) is 73.4 cm³/mol. The van der Waals surface area contributed by atoms with Gasteiger partial charge in [0.1, 0.15) is 0 Å². The number of hydrogen-bond donors (Lipinski definition) is 2. The van der Waals surface area contributed by atoms with Gasteiger partial charge in [0, 0.05) is 37.0 Å². The fourth-order valence-corrected chi connectivity index (χ4v) is 2.45. The first-order valence-electron chi connectivity index (χ1n) is 7.06. The number of aliphatic hydroxyl groups excluding tert-OH is 1. The van der Waals surface area contributed by atoms with Gasteiger partial charge in [0.15, 0.2) is 0 Å². The topological polar surface area (TPSA) is 45.1 Å². The Hall–Kier alpha value is -0.930. The van der Waals surface area contributed by atoms with E-state index < -0.39 is 0 Å². The van der Waals surface area contributed by atoms with Crippen LogP contribution in [0.3, 0.4) is 0 Å². The van der Waals surface area contributed by atoms with Crippen LogP contribution in [-0.2, 0) is 6.42 Å². The van der Waals surface area contributed by atoms with Crippen molar-refractivity contribution in [2.24, 2.45) is 5.92 Å². The quantitative estimate of drug-likeness (QED) is 0.741. The van der Waals surface area contributed by atoms with Crippen LogP contribution in [0.2, 0.25) is 0 Å². The summed E-state index contributed by atoms with van der Waals surface area (Å²) in [5, 5.41) is 12.6. The molecule has 2 atom stereocenters. The van der Waals surface area contributed by atoms with Gasteiger partial charge in [-0.2, -0.15) is 0 Å². The summed E-state index contributed by atoms with van der Waals surface area (Å²) in [4.78, 5) is 4.42. The normalized spacial score (nSPS) is 18.6. The molecular weight excluding hydrogens is 224 g/mol. The third-order valence-corrected chi connectivity index (χ3v) is 3.64. The van der Waals surface area contributed by atoms with E-state index in [4.69, 9.17) is 5.11 Å². The van der Waals surface area contributed by atoms with E-state index in [-0.39, 0.29) is 0 Å². The summed E-state index contributed by atoms with van der Waals surface area (Å²) in [5.74, 6) is 0.823. The van der Waals surface area contributed by atoms with Crippen molar-refractivity contribution in [3.05, 3.63) is 30.1 Å². The lowest BCUT2D eigenvalue weighted by Crippen LogP contribution is -2.39. The van der Waals surface area contributed by atoms with E-state index in [2.05, 4.69) is 29.4 Å². The highest BCUT2D eigenvalue weighted by Gasteiger charge is 2.31. The minimum atomic E-state index is 0.292. The van der Waals surface area contributed by atoms with Crippen LogP contribution in [0.25, 0.3) is 0 Å². The van der Waals surface area contributed by atoms with Crippen molar-refractivity contribution in [1.82, 2.24) is 10.3 Å². The van der Waals surface area contributed by atoms with Crippen molar-refractivity contribution in [1.29, 1.82) is 0 Å². The summed E-state index contributed by atoms with van der Waals surface area (Å²) in [5.41, 5.74) is 1.18. The lowest BCUT2D eigenvalue weighted by molar-refractivity contribution is 0.271. The van der Waals surface area contributed by atoms with Crippen LogP contribution in [0.4, 0.5) is 0 Å². The van der Waals surface area contributed by atoms with E-state index in [0.717, 1.165) is 25.2 Å². The molecule has 2 rings (SSSR count). The minimum absolute atomic E-state index is 0.292. The Bertz CT molecular complexity index is 338. The summed E-state index contributed by atoms with van der Waals surface area (Å²) in [6, 6.07) is 7.16. The Kier molecular flexibility index (Phi) is 5.14. The van der Waals surface area contributed by atoms with Crippen LogP contribution in [0, 0.1) is 5.92 Å². The molecule has 0 radical (unpaired) electrons. The second kappa shape index (κ2) is 6.86. The van der Waals surface area contributed by atoms with Gasteiger partial charge in [-0.05, 0) is 50.7 Å². The molecule has 1 saturated carbocycles. The molecule has 1 aliphatic carbocycles. The predicted octanol–water partition coefficient (Wildman–Crippen LogP) is 2.15. The molecule has 0 bridgehead atoms. The van der Waals surface area contributed by atoms with E-state index in [1.807, 2.05) is 12.3 Å². The first-order valence-corrected chi connectivity index (χ1v) is 7.06. The zero-order valence-corrected chi connectivity index (χ0v) is 11.2. The smallest absolute Gasteiger partial charge is 0.0431 e. The molecule has 0 saturated heterocycles. The van der Waals surface area contributed by atoms with Gasteiger partial charge in [-0.1, -0.05) is 6.07 Å². The lowest BCUT2D eigenvalue weighted by Gasteiger charge is -2.23. The lowest BCUT2D eigenvalue weighted by atomic mass is 10.0. The number of nitrogens with zero attached hydrogens (tertiary/aromatic N) is 1. The van der Waals surface area contributed by atoms with Crippen molar-refractivity contribution < 1.29 is 5.11 Å². The molecule has 0 aliphatic heterocycles. The fourth-order valence-electron chi connectivity index (χ4n) is 2.45. The van der Waals surface area contributed by atoms with E-state index in [1.54, 1.807) is 0 Å². The molecule has 2 unspecified atom stereocenters. The Morgan fingerprint density at radius 1 is 1.44 bits per heavy atom. The maximum Gasteiger partial charge on any atom is 0.0431 e. The Morgan fingerprint density at radius 3 is 2.89 bits per heavy atom. The van der Waals surface area contributed by atoms with Crippen LogP contribution in [0.15, 0.2) is 24.4 Å². The van der Waals surface area contributed by atoms with Crippen LogP contribution >= 0.6 is 0 Å². The SMILES string of the molecule is CC(CCCO)NC(Cc1ccccn1)C1CC1. The maximum atomic E-state index is 8.87. The number of aliphatic hydroxyl groups is 1. The van der Waals surface area contributed by atoms with Gasteiger partial charge in [-0.3, -0.25) is 4.98 Å². The number of nitrogens with one attached hydrogen (secondary N) is 1. The number of pyridine rings is 1. The Balaban J connectivity index is 1.84. The highest BCUT2D eigenvalue weighted by atomic mass is 16.2. The first-order chi connectivity index (χ1) is 8.79. The maximum absolute atomic E-state index is 8.87. The molecule has 1 heterocycles. The molecule has 0 amide bonds. The molecule has 2 N–H and O–H groups in total. The number of aromatic nitrogens is 1. The van der Waals surface area contributed by atoms with Crippen molar-refractivity contribution >= 4 is 0 Å². The van der Waals surface area contributed by atoms with Crippen molar-refractivity contribution in [2.45, 2.75) is 51.1 Å². The molecule has 3 nitrogen and oxygen atoms in total. The van der Waals surface area contributed by atoms with Crippen LogP contribution < -0.4 is 5.32 Å². The highest BCUT2D eigenvalue weighted by Crippen LogP contribution is 2.34. The van der Waals surface area contributed by atoms with E-state index >= 15 is 0 Å². The van der Waals surface area contributed by atoms with Gasteiger partial charge in [-0.15, -0.1) is 0 Å². The van der Waals surface area contributed by atoms with Crippen molar-refractivity contribution in [2.75, 3.05) is 6.61 Å². The van der Waals surface area contributed by atoms with Crippen molar-refractivity contribution in [3.63, 3.8) is 0 Å². The van der Waals surface area contributed by atoms with Gasteiger partial charge >= 0.3 is 0 Å². The third kappa shape index (κ3) is 4.39. The molecular formula is C15H24N2O. The summed E-state index contributed by atoms with van der Waals surface area (Å²) in [7, 11) is 0. The van der Waals surface area contributed by atoms with Gasteiger partial charge in [0.25, 0.3) is 0 Å². The first kappa shape index (κ1) is 13.5. The average Bonchev–Trinajstić information content (AvgIpc) is 3.21. The van der Waals surface area contributed by atoms with Gasteiger partial charge in [0.2, 0.25) is 0 Å². The fraction of sp³-hybridized carbons (Fsp3) is 0.667. The average molecular weight is 248 g/mol. The summed E-state index contributed by atoms with van der Waals surface area (Å²) < 4.78 is 0. The monoisotopic (exact) mass is 248 g/mol. The molecule has 0 spiro atoms. The summed E-state index contributed by atoms with van der Waals surface area (Å²) in [6.07, 6.45) is 7.51. The van der Waals surface area contributed by atoms with E-state index in [0.29, 0.717) is 18.7 Å². The summed E-state index contributed by atoms with van der Waals surface area (Å²) >= 11 is 0. The minimum Gasteiger partial charge on any atom is -0.396 e. The molecule has 0 aromatic carbocycles. The largest absolute Gasteiger partial charge is 0.396 e. The number of hydrogen-bond acceptors (Lipinski definition) is 3. The Labute approximate surface area is 110 Å². The molecule has 1 aromatic rings. The van der Waals surface area contributed by atoms with Gasteiger partial charge < -0.3 is 10.4 Å². The Morgan fingerprint density at radius 2 is 2.28 bits per heavy atom. The third-order valence-electron chi connectivity index (χ3n) is 3.64. The molecule has 100 valence electrons. The zero-order chi connectivity index (χ0) is 12.8. The van der Waals surface area contributed by atoms with Crippen LogP contribution in [0.1, 0.15) is 38.3 Å². The van der Waals surface area contributed by atoms with Crippen LogP contribution in [0.5, 0.6) is 0 Å². The molecule has 18 heavy (non-hydrogen) atoms. The van der Waals surface area contributed by atoms with Crippen molar-refractivity contribution in [3.8, 4) is 0 Å². The molecule has 1 aliphatic rings. The summed E-state index contributed by atoms with van der Waals surface area (Å²) in [6.45, 7) is 2.50. The molecule has 1 fully saturated rings. The highest BCUT2D eigenvalue weighted by molar-refractivity contribution is 5.07. The van der Waals surface area contributed by atoms with Crippen LogP contribution in [-0.4, -0.2) is 28.8 Å². The molecule has 1 aromatic heterocycles. The second-order valence-corrected chi connectivity index (χ2v) is 5.40. The van der Waals surface area contributed by atoms with Gasteiger partial charge in [-0.25, -0.2) is 0 Å². The van der Waals surface area contributed by atoms with E-state index in [1.165, 1.54) is 18.5 Å². The van der Waals surface area contributed by atoms with E-state index in [9.17, 15) is 0 Å². The molecule has 3 heteroatoms. The zero-order valence-electron chi connectivity index (χ0n) is 11.2. The second-order valence-electron chi connectivity index (χ2n) is 5.40. The standard InChI is InChI=1S/C15H24N2O/c1-12(5-4-10-18)17-15(13-7-8-13)11-14-6-2-3-9-16-14/h2-3,6,9,12-13,15,17-18H,4-5,7-8,10-11H2,1H3. The number of rotatable bonds is 8.